The van der Waals surface area contributed by atoms with Gasteiger partial charge in [0.25, 0.3) is 0 Å². The number of nitrogens with two attached hydrogens (primary N) is 1. The fourth-order valence-corrected chi connectivity index (χ4v) is 3.54. The van der Waals surface area contributed by atoms with Crippen LogP contribution >= 0.6 is 11.9 Å². The van der Waals surface area contributed by atoms with Crippen LogP contribution < -0.4 is 15.2 Å². The average molecular weight is 425 g/mol. The SMILES string of the molecule is Cc1cccc(C)c1-c1cc(OCC(C)N)nc(NSc2cccc(C(=O)O)c2)n1. The van der Waals surface area contributed by atoms with Crippen LogP contribution in [0.4, 0.5) is 5.95 Å². The van der Waals surface area contributed by atoms with E-state index in [-0.39, 0.29) is 11.6 Å². The molecule has 7 nitrogen and oxygen atoms in total. The largest absolute Gasteiger partial charge is 0.478 e. The quantitative estimate of drug-likeness (QED) is 0.459. The van der Waals surface area contributed by atoms with Crippen LogP contribution in [0.25, 0.3) is 11.3 Å². The topological polar surface area (TPSA) is 110 Å². The van der Waals surface area contributed by atoms with Gasteiger partial charge in [0.15, 0.2) is 0 Å². The normalized spacial score (nSPS) is 11.7. The fourth-order valence-electron chi connectivity index (χ4n) is 2.91. The van der Waals surface area contributed by atoms with Crippen molar-refractivity contribution in [3.63, 3.8) is 0 Å². The summed E-state index contributed by atoms with van der Waals surface area (Å²) < 4.78 is 8.84. The number of carboxylic acid groups (broad SMARTS) is 1. The van der Waals surface area contributed by atoms with Gasteiger partial charge in [0, 0.05) is 22.6 Å². The number of nitrogens with zero attached hydrogens (tertiary/aromatic N) is 2. The van der Waals surface area contributed by atoms with E-state index in [2.05, 4.69) is 14.7 Å². The molecular weight excluding hydrogens is 400 g/mol. The van der Waals surface area contributed by atoms with E-state index < -0.39 is 5.97 Å². The molecule has 1 unspecified atom stereocenters. The molecule has 0 radical (unpaired) electrons. The molecule has 2 aromatic carbocycles. The number of aromatic carboxylic acids is 1. The first-order valence-corrected chi connectivity index (χ1v) is 10.3. The van der Waals surface area contributed by atoms with Gasteiger partial charge in [-0.25, -0.2) is 9.78 Å². The maximum absolute atomic E-state index is 11.2. The van der Waals surface area contributed by atoms with Crippen molar-refractivity contribution in [3.05, 3.63) is 65.2 Å². The first kappa shape index (κ1) is 21.6. The highest BCUT2D eigenvalue weighted by Crippen LogP contribution is 2.30. The summed E-state index contributed by atoms with van der Waals surface area (Å²) in [6.45, 7) is 6.26. The van der Waals surface area contributed by atoms with Crippen LogP contribution in [0.1, 0.15) is 28.4 Å². The van der Waals surface area contributed by atoms with E-state index >= 15 is 0 Å². The van der Waals surface area contributed by atoms with Gasteiger partial charge >= 0.3 is 5.97 Å². The highest BCUT2D eigenvalue weighted by Gasteiger charge is 2.13. The molecule has 0 aliphatic carbocycles. The number of benzene rings is 2. The van der Waals surface area contributed by atoms with E-state index in [0.717, 1.165) is 27.3 Å². The molecule has 3 aromatic rings. The molecule has 156 valence electrons. The molecule has 8 heteroatoms. The molecule has 0 aliphatic heterocycles. The lowest BCUT2D eigenvalue weighted by Crippen LogP contribution is -2.24. The Hall–Kier alpha value is -3.10. The van der Waals surface area contributed by atoms with Crippen molar-refractivity contribution in [2.24, 2.45) is 5.73 Å². The Morgan fingerprint density at radius 2 is 1.87 bits per heavy atom. The Bertz CT molecular complexity index is 1040. The second-order valence-electron chi connectivity index (χ2n) is 7.01. The number of rotatable bonds is 8. The highest BCUT2D eigenvalue weighted by molar-refractivity contribution is 8.00. The molecule has 4 N–H and O–H groups in total. The van der Waals surface area contributed by atoms with Crippen LogP contribution in [-0.4, -0.2) is 33.7 Å². The van der Waals surface area contributed by atoms with Crippen molar-refractivity contribution in [2.75, 3.05) is 11.3 Å². The van der Waals surface area contributed by atoms with Gasteiger partial charge in [0.2, 0.25) is 11.8 Å². The molecule has 30 heavy (non-hydrogen) atoms. The van der Waals surface area contributed by atoms with E-state index in [0.29, 0.717) is 18.4 Å². The summed E-state index contributed by atoms with van der Waals surface area (Å²) in [4.78, 5) is 21.0. The maximum atomic E-state index is 11.2. The van der Waals surface area contributed by atoms with Gasteiger partial charge in [-0.15, -0.1) is 0 Å². The van der Waals surface area contributed by atoms with E-state index in [1.54, 1.807) is 24.3 Å². The monoisotopic (exact) mass is 424 g/mol. The summed E-state index contributed by atoms with van der Waals surface area (Å²) in [6, 6.07) is 14.4. The minimum absolute atomic E-state index is 0.131. The number of hydrogen-bond donors (Lipinski definition) is 3. The number of anilines is 1. The zero-order valence-corrected chi connectivity index (χ0v) is 17.9. The van der Waals surface area contributed by atoms with Crippen LogP contribution in [0.2, 0.25) is 0 Å². The minimum atomic E-state index is -0.975. The molecule has 0 bridgehead atoms. The molecule has 0 saturated carbocycles. The lowest BCUT2D eigenvalue weighted by Gasteiger charge is -2.14. The number of aryl methyl sites for hydroxylation is 2. The molecule has 0 saturated heterocycles. The zero-order chi connectivity index (χ0) is 21.7. The maximum Gasteiger partial charge on any atom is 0.335 e. The second kappa shape index (κ2) is 9.60. The summed E-state index contributed by atoms with van der Waals surface area (Å²) >= 11 is 1.23. The van der Waals surface area contributed by atoms with Crippen LogP contribution in [0.15, 0.2) is 53.4 Å². The second-order valence-corrected chi connectivity index (χ2v) is 7.89. The third-order valence-electron chi connectivity index (χ3n) is 4.28. The Morgan fingerprint density at radius 3 is 2.53 bits per heavy atom. The van der Waals surface area contributed by atoms with Crippen molar-refractivity contribution < 1.29 is 14.6 Å². The predicted octanol–water partition coefficient (Wildman–Crippen LogP) is 4.30. The van der Waals surface area contributed by atoms with Crippen LogP contribution in [0.5, 0.6) is 5.88 Å². The summed E-state index contributed by atoms with van der Waals surface area (Å²) in [5.41, 5.74) is 9.98. The molecule has 3 rings (SSSR count). The molecule has 1 atom stereocenters. The number of carbonyl (C=O) groups is 1. The molecular formula is C22H24N4O3S. The van der Waals surface area contributed by atoms with E-state index in [1.165, 1.54) is 11.9 Å². The first-order chi connectivity index (χ1) is 14.3. The van der Waals surface area contributed by atoms with Crippen molar-refractivity contribution in [1.82, 2.24) is 9.97 Å². The number of hydrogen-bond acceptors (Lipinski definition) is 7. The predicted molar refractivity (Wildman–Crippen MR) is 119 cm³/mol. The summed E-state index contributed by atoms with van der Waals surface area (Å²) in [7, 11) is 0. The summed E-state index contributed by atoms with van der Waals surface area (Å²) in [5.74, 6) is -0.194. The molecule has 0 amide bonds. The number of aromatic nitrogens is 2. The highest BCUT2D eigenvalue weighted by atomic mass is 32.2. The first-order valence-electron chi connectivity index (χ1n) is 9.43. The third-order valence-corrected chi connectivity index (χ3v) is 5.05. The Kier molecular flexibility index (Phi) is 6.91. The van der Waals surface area contributed by atoms with Crippen molar-refractivity contribution in [3.8, 4) is 17.1 Å². The molecule has 0 aliphatic rings. The standard InChI is InChI=1S/C22H24N4O3S/c1-13-6-4-7-14(2)20(13)18-11-19(29-12-15(3)23)25-22(24-18)26-30-17-9-5-8-16(10-17)21(27)28/h4-11,15H,12,23H2,1-3H3,(H,27,28)(H,24,25,26). The van der Waals surface area contributed by atoms with Gasteiger partial charge < -0.3 is 15.6 Å². The van der Waals surface area contributed by atoms with Crippen LogP contribution in [-0.2, 0) is 0 Å². The molecule has 0 spiro atoms. The number of nitrogens with one attached hydrogen (secondary N) is 1. The Balaban J connectivity index is 1.92. The van der Waals surface area contributed by atoms with Gasteiger partial charge in [-0.1, -0.05) is 24.3 Å². The number of carboxylic acids is 1. The molecule has 0 fully saturated rings. The van der Waals surface area contributed by atoms with Gasteiger partial charge in [-0.2, -0.15) is 4.98 Å². The number of ether oxygens (including phenoxy) is 1. The average Bonchev–Trinajstić information content (AvgIpc) is 2.71. The molecule has 1 heterocycles. The van der Waals surface area contributed by atoms with Gasteiger partial charge in [-0.3, -0.25) is 4.72 Å². The lowest BCUT2D eigenvalue weighted by molar-refractivity contribution is 0.0696. The fraction of sp³-hybridized carbons (Fsp3) is 0.227. The zero-order valence-electron chi connectivity index (χ0n) is 17.0. The van der Waals surface area contributed by atoms with E-state index in [9.17, 15) is 4.79 Å². The Labute approximate surface area is 179 Å². The van der Waals surface area contributed by atoms with Crippen LogP contribution in [0, 0.1) is 13.8 Å². The van der Waals surface area contributed by atoms with Crippen LogP contribution in [0.3, 0.4) is 0 Å². The van der Waals surface area contributed by atoms with E-state index in [4.69, 9.17) is 15.6 Å². The third kappa shape index (κ3) is 5.49. The minimum Gasteiger partial charge on any atom is -0.478 e. The van der Waals surface area contributed by atoms with Gasteiger partial charge in [0.1, 0.15) is 6.61 Å². The molecule has 1 aromatic heterocycles. The van der Waals surface area contributed by atoms with Crippen molar-refractivity contribution in [2.45, 2.75) is 31.7 Å². The van der Waals surface area contributed by atoms with E-state index in [1.807, 2.05) is 45.0 Å². The van der Waals surface area contributed by atoms with Crippen molar-refractivity contribution >= 4 is 23.9 Å². The smallest absolute Gasteiger partial charge is 0.335 e. The Morgan fingerprint density at radius 1 is 1.17 bits per heavy atom. The summed E-state index contributed by atoms with van der Waals surface area (Å²) in [6.07, 6.45) is 0. The lowest BCUT2D eigenvalue weighted by atomic mass is 10.00. The van der Waals surface area contributed by atoms with Gasteiger partial charge in [0.05, 0.1) is 11.3 Å². The summed E-state index contributed by atoms with van der Waals surface area (Å²) in [5, 5.41) is 9.17. The van der Waals surface area contributed by atoms with Crippen molar-refractivity contribution in [1.29, 1.82) is 0 Å². The van der Waals surface area contributed by atoms with Gasteiger partial charge in [-0.05, 0) is 62.0 Å².